The molecule has 0 radical (unpaired) electrons. The van der Waals surface area contributed by atoms with E-state index >= 15 is 0 Å². The second-order valence-electron chi connectivity index (χ2n) is 5.49. The zero-order valence-electron chi connectivity index (χ0n) is 10.5. The van der Waals surface area contributed by atoms with E-state index in [1.54, 1.807) is 0 Å². The molecular weight excluding hydrogens is 198 g/mol. The van der Waals surface area contributed by atoms with E-state index in [-0.39, 0.29) is 0 Å². The van der Waals surface area contributed by atoms with Crippen molar-refractivity contribution in [2.24, 2.45) is 5.92 Å². The maximum Gasteiger partial charge on any atom is 0.0480 e. The van der Waals surface area contributed by atoms with Crippen molar-refractivity contribution in [2.45, 2.75) is 63.8 Å². The van der Waals surface area contributed by atoms with Gasteiger partial charge in [0.15, 0.2) is 0 Å². The highest BCUT2D eigenvalue weighted by Crippen LogP contribution is 2.28. The van der Waals surface area contributed by atoms with Gasteiger partial charge >= 0.3 is 0 Å². The van der Waals surface area contributed by atoms with Gasteiger partial charge in [-0.05, 0) is 31.7 Å². The highest BCUT2D eigenvalue weighted by molar-refractivity contribution is 4.71. The van der Waals surface area contributed by atoms with Crippen LogP contribution in [-0.4, -0.2) is 25.8 Å². The number of hydrogen-bond acceptors (Lipinski definition) is 2. The second-order valence-corrected chi connectivity index (χ2v) is 5.49. The van der Waals surface area contributed by atoms with Crippen LogP contribution < -0.4 is 5.32 Å². The van der Waals surface area contributed by atoms with Crippen molar-refractivity contribution in [3.05, 3.63) is 0 Å². The average molecular weight is 225 g/mol. The van der Waals surface area contributed by atoms with Gasteiger partial charge in [0.2, 0.25) is 0 Å². The number of unbranched alkanes of at least 4 members (excludes halogenated alkanes) is 1. The largest absolute Gasteiger partial charge is 0.381 e. The van der Waals surface area contributed by atoms with E-state index in [0.717, 1.165) is 25.2 Å². The lowest BCUT2D eigenvalue weighted by Crippen LogP contribution is -2.35. The molecule has 2 fully saturated rings. The van der Waals surface area contributed by atoms with Gasteiger partial charge in [-0.1, -0.05) is 38.5 Å². The molecule has 2 heteroatoms. The molecule has 1 heterocycles. The van der Waals surface area contributed by atoms with E-state index in [1.807, 2.05) is 0 Å². The van der Waals surface area contributed by atoms with Crippen molar-refractivity contribution < 1.29 is 4.74 Å². The summed E-state index contributed by atoms with van der Waals surface area (Å²) < 4.78 is 5.35. The van der Waals surface area contributed by atoms with E-state index < -0.39 is 0 Å². The van der Waals surface area contributed by atoms with Crippen LogP contribution in [0.5, 0.6) is 0 Å². The Kier molecular flexibility index (Phi) is 5.64. The summed E-state index contributed by atoms with van der Waals surface area (Å²) in [6.07, 6.45) is 12.7. The molecule has 0 unspecified atom stereocenters. The standard InChI is InChI=1S/C14H27NO/c1-2-6-13(5-1)7-3-4-10-15-14-8-11-16-12-9-14/h13-15H,1-12H2. The highest BCUT2D eigenvalue weighted by Gasteiger charge is 2.14. The molecule has 94 valence electrons. The van der Waals surface area contributed by atoms with Crippen molar-refractivity contribution >= 4 is 0 Å². The smallest absolute Gasteiger partial charge is 0.0480 e. The quantitative estimate of drug-likeness (QED) is 0.701. The zero-order chi connectivity index (χ0) is 11.1. The molecule has 0 bridgehead atoms. The summed E-state index contributed by atoms with van der Waals surface area (Å²) in [5, 5.41) is 3.67. The van der Waals surface area contributed by atoms with E-state index in [4.69, 9.17) is 4.74 Å². The molecule has 0 atom stereocenters. The third-order valence-electron chi connectivity index (χ3n) is 4.17. The summed E-state index contributed by atoms with van der Waals surface area (Å²) in [6, 6.07) is 0.736. The van der Waals surface area contributed by atoms with E-state index in [9.17, 15) is 0 Å². The van der Waals surface area contributed by atoms with Crippen LogP contribution in [0, 0.1) is 5.92 Å². The van der Waals surface area contributed by atoms with Gasteiger partial charge in [-0.25, -0.2) is 0 Å². The molecule has 0 aromatic carbocycles. The molecule has 16 heavy (non-hydrogen) atoms. The molecule has 1 aliphatic heterocycles. The normalized spacial score (nSPS) is 24.0. The zero-order valence-corrected chi connectivity index (χ0v) is 10.5. The Balaban J connectivity index is 1.42. The third-order valence-corrected chi connectivity index (χ3v) is 4.17. The molecule has 1 saturated carbocycles. The van der Waals surface area contributed by atoms with Crippen LogP contribution in [0.4, 0.5) is 0 Å². The van der Waals surface area contributed by atoms with E-state index in [1.165, 1.54) is 64.3 Å². The molecule has 2 aliphatic rings. The van der Waals surface area contributed by atoms with Crippen LogP contribution in [0.15, 0.2) is 0 Å². The fraction of sp³-hybridized carbons (Fsp3) is 1.00. The van der Waals surface area contributed by atoms with Crippen molar-refractivity contribution in [3.8, 4) is 0 Å². The average Bonchev–Trinajstić information content (AvgIpc) is 2.83. The predicted molar refractivity (Wildman–Crippen MR) is 67.7 cm³/mol. The molecular formula is C14H27NO. The van der Waals surface area contributed by atoms with Crippen LogP contribution in [0.3, 0.4) is 0 Å². The van der Waals surface area contributed by atoms with Crippen LogP contribution in [0.2, 0.25) is 0 Å². The maximum atomic E-state index is 5.35. The SMILES string of the molecule is C(CCC1CCCC1)CNC1CCOCC1. The van der Waals surface area contributed by atoms with E-state index in [2.05, 4.69) is 5.32 Å². The Morgan fingerprint density at radius 1 is 0.938 bits per heavy atom. The maximum absolute atomic E-state index is 5.35. The van der Waals surface area contributed by atoms with Crippen molar-refractivity contribution in [1.29, 1.82) is 0 Å². The molecule has 0 amide bonds. The molecule has 1 aliphatic carbocycles. The number of hydrogen-bond donors (Lipinski definition) is 1. The minimum Gasteiger partial charge on any atom is -0.381 e. The van der Waals surface area contributed by atoms with Crippen LogP contribution in [-0.2, 0) is 4.74 Å². The van der Waals surface area contributed by atoms with E-state index in [0.29, 0.717) is 0 Å². The lowest BCUT2D eigenvalue weighted by atomic mass is 10.0. The molecule has 0 aromatic heterocycles. The monoisotopic (exact) mass is 225 g/mol. The summed E-state index contributed by atoms with van der Waals surface area (Å²) in [4.78, 5) is 0. The van der Waals surface area contributed by atoms with Gasteiger partial charge < -0.3 is 10.1 Å². The fourth-order valence-electron chi connectivity index (χ4n) is 3.06. The van der Waals surface area contributed by atoms with Crippen LogP contribution >= 0.6 is 0 Å². The van der Waals surface area contributed by atoms with Gasteiger partial charge in [0, 0.05) is 19.3 Å². The summed E-state index contributed by atoms with van der Waals surface area (Å²) in [7, 11) is 0. The molecule has 0 spiro atoms. The summed E-state index contributed by atoms with van der Waals surface area (Å²) in [6.45, 7) is 3.14. The Morgan fingerprint density at radius 2 is 1.69 bits per heavy atom. The van der Waals surface area contributed by atoms with Gasteiger partial charge in [0.05, 0.1) is 0 Å². The Bertz CT molecular complexity index is 172. The van der Waals surface area contributed by atoms with Crippen molar-refractivity contribution in [1.82, 2.24) is 5.32 Å². The first kappa shape index (κ1) is 12.4. The molecule has 1 saturated heterocycles. The van der Waals surface area contributed by atoms with Gasteiger partial charge in [0.1, 0.15) is 0 Å². The molecule has 1 N–H and O–H groups in total. The molecule has 0 aromatic rings. The minimum atomic E-state index is 0.736. The summed E-state index contributed by atoms with van der Waals surface area (Å²) in [5.41, 5.74) is 0. The summed E-state index contributed by atoms with van der Waals surface area (Å²) in [5.74, 6) is 1.07. The molecule has 2 nitrogen and oxygen atoms in total. The Labute approximate surface area is 100 Å². The third kappa shape index (κ3) is 4.42. The Morgan fingerprint density at radius 3 is 2.44 bits per heavy atom. The van der Waals surface area contributed by atoms with Gasteiger partial charge in [-0.15, -0.1) is 0 Å². The number of ether oxygens (including phenoxy) is 1. The van der Waals surface area contributed by atoms with Gasteiger partial charge in [-0.2, -0.15) is 0 Å². The topological polar surface area (TPSA) is 21.3 Å². The molecule has 2 rings (SSSR count). The Hall–Kier alpha value is -0.0800. The lowest BCUT2D eigenvalue weighted by Gasteiger charge is -2.23. The lowest BCUT2D eigenvalue weighted by molar-refractivity contribution is 0.0779. The minimum absolute atomic E-state index is 0.736. The van der Waals surface area contributed by atoms with Crippen LogP contribution in [0.25, 0.3) is 0 Å². The second kappa shape index (κ2) is 7.29. The first-order chi connectivity index (χ1) is 7.95. The predicted octanol–water partition coefficient (Wildman–Crippen LogP) is 3.12. The summed E-state index contributed by atoms with van der Waals surface area (Å²) >= 11 is 0. The van der Waals surface area contributed by atoms with Gasteiger partial charge in [0.25, 0.3) is 0 Å². The number of nitrogens with one attached hydrogen (secondary N) is 1. The first-order valence-corrected chi connectivity index (χ1v) is 7.26. The number of rotatable bonds is 6. The highest BCUT2D eigenvalue weighted by atomic mass is 16.5. The van der Waals surface area contributed by atoms with Crippen molar-refractivity contribution in [2.75, 3.05) is 19.8 Å². The first-order valence-electron chi connectivity index (χ1n) is 7.26. The van der Waals surface area contributed by atoms with Gasteiger partial charge in [-0.3, -0.25) is 0 Å². The fourth-order valence-corrected chi connectivity index (χ4v) is 3.06. The van der Waals surface area contributed by atoms with Crippen LogP contribution in [0.1, 0.15) is 57.8 Å². The van der Waals surface area contributed by atoms with Crippen molar-refractivity contribution in [3.63, 3.8) is 0 Å².